The molecule has 0 unspecified atom stereocenters. The van der Waals surface area contributed by atoms with Crippen LogP contribution in [0.1, 0.15) is 30.3 Å². The molecule has 2 aromatic carbocycles. The molecule has 170 valence electrons. The number of H-pyrrole nitrogens is 1. The highest BCUT2D eigenvalue weighted by molar-refractivity contribution is 7.98. The standard InChI is InChI=1S/C26H21ClN4O2S/c1-15-21(29-24(33-15)17-7-9-18(27)10-8-17)14-34-26-30-22-20(16-5-3-2-4-6-16)13-28-23(22)25(32)31(26)19-11-12-19/h2-10,13,19,28H,11-12,14H2,1H3. The molecule has 6 rings (SSSR count). The molecule has 34 heavy (non-hydrogen) atoms. The van der Waals surface area contributed by atoms with Crippen molar-refractivity contribution in [3.05, 3.63) is 87.6 Å². The van der Waals surface area contributed by atoms with E-state index < -0.39 is 0 Å². The average molecular weight is 489 g/mol. The molecule has 0 spiro atoms. The van der Waals surface area contributed by atoms with Gasteiger partial charge in [-0.3, -0.25) is 9.36 Å². The summed E-state index contributed by atoms with van der Waals surface area (Å²) in [4.78, 5) is 26.3. The molecule has 3 aromatic heterocycles. The van der Waals surface area contributed by atoms with E-state index in [0.717, 1.165) is 41.0 Å². The summed E-state index contributed by atoms with van der Waals surface area (Å²) in [6.07, 6.45) is 3.87. The first kappa shape index (κ1) is 21.3. The van der Waals surface area contributed by atoms with E-state index in [9.17, 15) is 4.79 Å². The van der Waals surface area contributed by atoms with E-state index in [4.69, 9.17) is 26.0 Å². The number of halogens is 1. The van der Waals surface area contributed by atoms with Gasteiger partial charge in [0.05, 0.1) is 5.69 Å². The first-order valence-corrected chi connectivity index (χ1v) is 12.5. The van der Waals surface area contributed by atoms with Gasteiger partial charge in [-0.1, -0.05) is 53.7 Å². The molecule has 0 atom stereocenters. The number of rotatable bonds is 6. The van der Waals surface area contributed by atoms with Crippen LogP contribution in [-0.2, 0) is 5.75 Å². The summed E-state index contributed by atoms with van der Waals surface area (Å²) in [6, 6.07) is 17.6. The fourth-order valence-corrected chi connectivity index (χ4v) is 5.24. The molecule has 5 aromatic rings. The lowest BCUT2D eigenvalue weighted by molar-refractivity contribution is 0.540. The maximum absolute atomic E-state index is 13.4. The van der Waals surface area contributed by atoms with Crippen LogP contribution in [0.5, 0.6) is 0 Å². The van der Waals surface area contributed by atoms with Crippen LogP contribution in [0, 0.1) is 6.92 Å². The Hall–Kier alpha value is -3.29. The van der Waals surface area contributed by atoms with Crippen LogP contribution in [0.3, 0.4) is 0 Å². The Kier molecular flexibility index (Phi) is 5.31. The quantitative estimate of drug-likeness (QED) is 0.214. The highest BCUT2D eigenvalue weighted by Gasteiger charge is 2.30. The number of hydrogen-bond acceptors (Lipinski definition) is 5. The van der Waals surface area contributed by atoms with Gasteiger partial charge >= 0.3 is 0 Å². The molecule has 1 aliphatic rings. The Balaban J connectivity index is 1.36. The third kappa shape index (κ3) is 3.85. The van der Waals surface area contributed by atoms with Crippen LogP contribution >= 0.6 is 23.4 Å². The minimum atomic E-state index is -0.0177. The molecule has 0 amide bonds. The van der Waals surface area contributed by atoms with E-state index >= 15 is 0 Å². The predicted molar refractivity (Wildman–Crippen MR) is 135 cm³/mol. The Morgan fingerprint density at radius 1 is 1.09 bits per heavy atom. The van der Waals surface area contributed by atoms with E-state index in [-0.39, 0.29) is 11.6 Å². The van der Waals surface area contributed by atoms with Gasteiger partial charge in [0, 0.05) is 34.1 Å². The Labute approximate surface area is 205 Å². The lowest BCUT2D eigenvalue weighted by atomic mass is 10.1. The van der Waals surface area contributed by atoms with Crippen molar-refractivity contribution in [3.63, 3.8) is 0 Å². The lowest BCUT2D eigenvalue weighted by Crippen LogP contribution is -2.22. The number of fused-ring (bicyclic) bond motifs is 1. The summed E-state index contributed by atoms with van der Waals surface area (Å²) in [5.41, 5.74) is 4.91. The number of nitrogens with zero attached hydrogens (tertiary/aromatic N) is 3. The van der Waals surface area contributed by atoms with Gasteiger partial charge in [-0.15, -0.1) is 0 Å². The van der Waals surface area contributed by atoms with E-state index in [1.165, 1.54) is 11.8 Å². The van der Waals surface area contributed by atoms with Crippen molar-refractivity contribution in [2.24, 2.45) is 0 Å². The molecule has 6 nitrogen and oxygen atoms in total. The number of aromatic amines is 1. The van der Waals surface area contributed by atoms with Crippen molar-refractivity contribution in [2.45, 2.75) is 36.7 Å². The van der Waals surface area contributed by atoms with Gasteiger partial charge in [-0.25, -0.2) is 9.97 Å². The second-order valence-corrected chi connectivity index (χ2v) is 9.79. The van der Waals surface area contributed by atoms with Crippen LogP contribution in [-0.4, -0.2) is 19.5 Å². The zero-order chi connectivity index (χ0) is 23.2. The summed E-state index contributed by atoms with van der Waals surface area (Å²) in [5, 5.41) is 1.38. The number of nitrogens with one attached hydrogen (secondary N) is 1. The zero-order valence-corrected chi connectivity index (χ0v) is 20.0. The summed E-state index contributed by atoms with van der Waals surface area (Å²) < 4.78 is 7.76. The van der Waals surface area contributed by atoms with Crippen molar-refractivity contribution < 1.29 is 4.42 Å². The second kappa shape index (κ2) is 8.49. The number of aromatic nitrogens is 4. The van der Waals surface area contributed by atoms with Gasteiger partial charge in [-0.05, 0) is 49.6 Å². The molecule has 0 radical (unpaired) electrons. The molecular weight excluding hydrogens is 468 g/mol. The van der Waals surface area contributed by atoms with Crippen molar-refractivity contribution in [2.75, 3.05) is 0 Å². The van der Waals surface area contributed by atoms with Crippen molar-refractivity contribution in [3.8, 4) is 22.6 Å². The highest BCUT2D eigenvalue weighted by Crippen LogP contribution is 2.38. The molecule has 0 bridgehead atoms. The van der Waals surface area contributed by atoms with E-state index in [1.54, 1.807) is 0 Å². The lowest BCUT2D eigenvalue weighted by Gasteiger charge is -2.11. The van der Waals surface area contributed by atoms with Crippen LogP contribution < -0.4 is 5.56 Å². The Bertz CT molecular complexity index is 1550. The summed E-state index contributed by atoms with van der Waals surface area (Å²) >= 11 is 7.53. The molecular formula is C26H21ClN4O2S. The highest BCUT2D eigenvalue weighted by atomic mass is 35.5. The molecule has 8 heteroatoms. The Morgan fingerprint density at radius 2 is 1.85 bits per heavy atom. The van der Waals surface area contributed by atoms with Crippen molar-refractivity contribution >= 4 is 34.4 Å². The van der Waals surface area contributed by atoms with E-state index in [0.29, 0.717) is 32.9 Å². The fraction of sp³-hybridized carbons (Fsp3) is 0.192. The average Bonchev–Trinajstić information content (AvgIpc) is 3.48. The van der Waals surface area contributed by atoms with Crippen molar-refractivity contribution in [1.82, 2.24) is 19.5 Å². The summed E-state index contributed by atoms with van der Waals surface area (Å²) in [7, 11) is 0. The Morgan fingerprint density at radius 3 is 2.59 bits per heavy atom. The van der Waals surface area contributed by atoms with Gasteiger partial charge in [0.1, 0.15) is 16.8 Å². The largest absolute Gasteiger partial charge is 0.441 e. The number of thioether (sulfide) groups is 1. The molecule has 0 saturated heterocycles. The number of benzene rings is 2. The monoisotopic (exact) mass is 488 g/mol. The number of aryl methyl sites for hydroxylation is 1. The smallest absolute Gasteiger partial charge is 0.278 e. The SMILES string of the molecule is Cc1oc(-c2ccc(Cl)cc2)nc1CSc1nc2c(-c3ccccc3)c[nH]c2c(=O)n1C1CC1. The third-order valence-electron chi connectivity index (χ3n) is 6.02. The molecule has 1 N–H and O–H groups in total. The van der Waals surface area contributed by atoms with Crippen LogP contribution in [0.25, 0.3) is 33.6 Å². The molecule has 0 aliphatic heterocycles. The normalized spacial score (nSPS) is 13.6. The van der Waals surface area contributed by atoms with Gasteiger partial charge in [0.15, 0.2) is 5.16 Å². The summed E-state index contributed by atoms with van der Waals surface area (Å²) in [6.45, 7) is 1.91. The molecule has 1 fully saturated rings. The van der Waals surface area contributed by atoms with Gasteiger partial charge in [-0.2, -0.15) is 0 Å². The maximum atomic E-state index is 13.4. The van der Waals surface area contributed by atoms with Gasteiger partial charge in [0.2, 0.25) is 5.89 Å². The van der Waals surface area contributed by atoms with Crippen LogP contribution in [0.2, 0.25) is 5.02 Å². The van der Waals surface area contributed by atoms with E-state index in [2.05, 4.69) is 4.98 Å². The molecule has 1 saturated carbocycles. The molecule has 1 aliphatic carbocycles. The first-order chi connectivity index (χ1) is 16.6. The van der Waals surface area contributed by atoms with Crippen LogP contribution in [0.4, 0.5) is 0 Å². The first-order valence-electron chi connectivity index (χ1n) is 11.1. The van der Waals surface area contributed by atoms with Crippen molar-refractivity contribution in [1.29, 1.82) is 0 Å². The maximum Gasteiger partial charge on any atom is 0.278 e. The second-order valence-electron chi connectivity index (χ2n) is 8.41. The zero-order valence-electron chi connectivity index (χ0n) is 18.4. The number of oxazole rings is 1. The minimum absolute atomic E-state index is 0.0177. The molecule has 3 heterocycles. The topological polar surface area (TPSA) is 76.7 Å². The minimum Gasteiger partial charge on any atom is -0.441 e. The third-order valence-corrected chi connectivity index (χ3v) is 7.23. The fourth-order valence-electron chi connectivity index (χ4n) is 4.06. The van der Waals surface area contributed by atoms with Crippen LogP contribution in [0.15, 0.2) is 75.2 Å². The summed E-state index contributed by atoms with van der Waals surface area (Å²) in [5.74, 6) is 1.87. The van der Waals surface area contributed by atoms with E-state index in [1.807, 2.05) is 72.3 Å². The van der Waals surface area contributed by atoms with Gasteiger partial charge in [0.25, 0.3) is 5.56 Å². The van der Waals surface area contributed by atoms with Gasteiger partial charge < -0.3 is 9.40 Å². The number of hydrogen-bond donors (Lipinski definition) is 1. The predicted octanol–water partition coefficient (Wildman–Crippen LogP) is 6.64.